The molecule has 3 nitrogen and oxygen atoms in total. The minimum absolute atomic E-state index is 0.221. The number of rotatable bonds is 2. The molecule has 1 saturated heterocycles. The molecule has 22 heavy (non-hydrogen) atoms. The smallest absolute Gasteiger partial charge is 0.0614 e. The molecule has 3 fully saturated rings. The SMILES string of the molecule is NC1CCC=CC1C(N)C1CCC2C(C1)OC1CCCCC12. The van der Waals surface area contributed by atoms with Crippen LogP contribution in [0.1, 0.15) is 57.8 Å². The first-order chi connectivity index (χ1) is 10.7. The van der Waals surface area contributed by atoms with Crippen molar-refractivity contribution in [3.8, 4) is 0 Å². The third-order valence-electron chi connectivity index (χ3n) is 7.04. The minimum Gasteiger partial charge on any atom is -0.374 e. The monoisotopic (exact) mass is 304 g/mol. The summed E-state index contributed by atoms with van der Waals surface area (Å²) in [5.74, 6) is 2.65. The lowest BCUT2D eigenvalue weighted by atomic mass is 9.67. The van der Waals surface area contributed by atoms with Gasteiger partial charge < -0.3 is 16.2 Å². The van der Waals surface area contributed by atoms with Crippen LogP contribution in [0.25, 0.3) is 0 Å². The standard InChI is InChI=1S/C19H32N2O/c20-16-7-3-1-6-15(16)19(21)12-9-10-14-13-5-2-4-8-17(13)22-18(14)11-12/h1,6,12-19H,2-5,7-11,20-21H2. The van der Waals surface area contributed by atoms with Gasteiger partial charge in [0.15, 0.2) is 0 Å². The molecule has 3 heteroatoms. The Labute approximate surface area is 134 Å². The Morgan fingerprint density at radius 1 is 0.955 bits per heavy atom. The molecule has 0 radical (unpaired) electrons. The van der Waals surface area contributed by atoms with E-state index in [1.807, 2.05) is 0 Å². The van der Waals surface area contributed by atoms with Crippen LogP contribution >= 0.6 is 0 Å². The highest BCUT2D eigenvalue weighted by atomic mass is 16.5. The number of hydrogen-bond donors (Lipinski definition) is 2. The molecule has 8 atom stereocenters. The molecule has 1 heterocycles. The number of nitrogens with two attached hydrogens (primary N) is 2. The second-order valence-electron chi connectivity index (χ2n) is 8.22. The molecule has 124 valence electrons. The van der Waals surface area contributed by atoms with E-state index in [1.165, 1.54) is 44.9 Å². The van der Waals surface area contributed by atoms with Crippen molar-refractivity contribution in [1.29, 1.82) is 0 Å². The summed E-state index contributed by atoms with van der Waals surface area (Å²) in [4.78, 5) is 0. The highest BCUT2D eigenvalue weighted by Crippen LogP contribution is 2.49. The lowest BCUT2D eigenvalue weighted by Crippen LogP contribution is -2.49. The summed E-state index contributed by atoms with van der Waals surface area (Å²) >= 11 is 0. The molecule has 0 aromatic heterocycles. The van der Waals surface area contributed by atoms with E-state index in [2.05, 4.69) is 12.2 Å². The van der Waals surface area contributed by atoms with Gasteiger partial charge in [-0.2, -0.15) is 0 Å². The molecule has 0 spiro atoms. The fraction of sp³-hybridized carbons (Fsp3) is 0.895. The van der Waals surface area contributed by atoms with E-state index < -0.39 is 0 Å². The van der Waals surface area contributed by atoms with Gasteiger partial charge in [0.2, 0.25) is 0 Å². The van der Waals surface area contributed by atoms with Crippen LogP contribution in [0.3, 0.4) is 0 Å². The predicted octanol–water partition coefficient (Wildman–Crippen LogP) is 2.98. The van der Waals surface area contributed by atoms with Crippen LogP contribution in [0.4, 0.5) is 0 Å². The first-order valence-corrected chi connectivity index (χ1v) is 9.57. The maximum atomic E-state index is 6.66. The van der Waals surface area contributed by atoms with E-state index in [0.717, 1.165) is 24.7 Å². The van der Waals surface area contributed by atoms with Crippen molar-refractivity contribution < 1.29 is 4.74 Å². The largest absolute Gasteiger partial charge is 0.374 e. The van der Waals surface area contributed by atoms with Crippen molar-refractivity contribution in [2.45, 2.75) is 82.1 Å². The van der Waals surface area contributed by atoms with Crippen LogP contribution in [-0.2, 0) is 4.74 Å². The zero-order chi connectivity index (χ0) is 15.1. The molecule has 0 aromatic rings. The number of fused-ring (bicyclic) bond motifs is 3. The zero-order valence-corrected chi connectivity index (χ0v) is 13.7. The van der Waals surface area contributed by atoms with Crippen molar-refractivity contribution in [3.63, 3.8) is 0 Å². The van der Waals surface area contributed by atoms with Crippen molar-refractivity contribution >= 4 is 0 Å². The minimum atomic E-state index is 0.221. The molecular weight excluding hydrogens is 272 g/mol. The average Bonchev–Trinajstić information content (AvgIpc) is 2.92. The Morgan fingerprint density at radius 3 is 2.64 bits per heavy atom. The number of allylic oxidation sites excluding steroid dienone is 1. The van der Waals surface area contributed by atoms with E-state index in [1.54, 1.807) is 0 Å². The van der Waals surface area contributed by atoms with Crippen molar-refractivity contribution in [3.05, 3.63) is 12.2 Å². The summed E-state index contributed by atoms with van der Waals surface area (Å²) in [5, 5.41) is 0. The molecule has 0 bridgehead atoms. The van der Waals surface area contributed by atoms with Gasteiger partial charge >= 0.3 is 0 Å². The molecule has 8 unspecified atom stereocenters. The zero-order valence-electron chi connectivity index (χ0n) is 13.7. The van der Waals surface area contributed by atoms with Gasteiger partial charge in [0.05, 0.1) is 12.2 Å². The van der Waals surface area contributed by atoms with E-state index in [4.69, 9.17) is 16.2 Å². The summed E-state index contributed by atoms with van der Waals surface area (Å²) in [6, 6.07) is 0.475. The molecule has 4 N–H and O–H groups in total. The third kappa shape index (κ3) is 2.65. The first-order valence-electron chi connectivity index (χ1n) is 9.57. The highest BCUT2D eigenvalue weighted by Gasteiger charge is 2.48. The first kappa shape index (κ1) is 15.2. The maximum absolute atomic E-state index is 6.66. The van der Waals surface area contributed by atoms with E-state index in [9.17, 15) is 0 Å². The van der Waals surface area contributed by atoms with Crippen molar-refractivity contribution in [1.82, 2.24) is 0 Å². The summed E-state index contributed by atoms with van der Waals surface area (Å²) in [7, 11) is 0. The topological polar surface area (TPSA) is 61.3 Å². The quantitative estimate of drug-likeness (QED) is 0.771. The summed E-state index contributed by atoms with van der Waals surface area (Å²) in [6.45, 7) is 0. The molecular formula is C19H32N2O. The Bertz CT molecular complexity index is 424. The Hall–Kier alpha value is -0.380. The van der Waals surface area contributed by atoms with Crippen LogP contribution in [0.15, 0.2) is 12.2 Å². The van der Waals surface area contributed by atoms with Gasteiger partial charge in [0, 0.05) is 18.0 Å². The van der Waals surface area contributed by atoms with E-state index in [-0.39, 0.29) is 12.1 Å². The fourth-order valence-electron chi connectivity index (χ4n) is 5.79. The lowest BCUT2D eigenvalue weighted by molar-refractivity contribution is -0.00891. The average molecular weight is 304 g/mol. The predicted molar refractivity (Wildman–Crippen MR) is 89.3 cm³/mol. The van der Waals surface area contributed by atoms with Gasteiger partial charge in [-0.05, 0) is 62.7 Å². The number of hydrogen-bond acceptors (Lipinski definition) is 3. The third-order valence-corrected chi connectivity index (χ3v) is 7.04. The van der Waals surface area contributed by atoms with Gasteiger partial charge in [0.25, 0.3) is 0 Å². The van der Waals surface area contributed by atoms with Crippen LogP contribution in [0, 0.1) is 23.7 Å². The lowest BCUT2D eigenvalue weighted by Gasteiger charge is -2.40. The van der Waals surface area contributed by atoms with E-state index >= 15 is 0 Å². The molecule has 1 aliphatic heterocycles. The Balaban J connectivity index is 1.41. The Morgan fingerprint density at radius 2 is 1.77 bits per heavy atom. The Kier molecular flexibility index (Phi) is 4.31. The van der Waals surface area contributed by atoms with Crippen molar-refractivity contribution in [2.75, 3.05) is 0 Å². The van der Waals surface area contributed by atoms with Gasteiger partial charge in [-0.15, -0.1) is 0 Å². The second-order valence-corrected chi connectivity index (χ2v) is 8.22. The molecule has 0 amide bonds. The van der Waals surface area contributed by atoms with E-state index in [0.29, 0.717) is 24.0 Å². The van der Waals surface area contributed by atoms with Gasteiger partial charge in [-0.25, -0.2) is 0 Å². The maximum Gasteiger partial charge on any atom is 0.0614 e. The van der Waals surface area contributed by atoms with Gasteiger partial charge in [0.1, 0.15) is 0 Å². The summed E-state index contributed by atoms with van der Waals surface area (Å²) in [6.07, 6.45) is 17.1. The van der Waals surface area contributed by atoms with Crippen molar-refractivity contribution in [2.24, 2.45) is 35.1 Å². The molecule has 4 aliphatic rings. The molecule has 3 aliphatic carbocycles. The van der Waals surface area contributed by atoms with Crippen LogP contribution in [0.2, 0.25) is 0 Å². The van der Waals surface area contributed by atoms with Crippen LogP contribution in [-0.4, -0.2) is 24.3 Å². The summed E-state index contributed by atoms with van der Waals surface area (Å²) < 4.78 is 6.46. The molecule has 4 rings (SSSR count). The molecule has 0 aromatic carbocycles. The molecule has 2 saturated carbocycles. The number of ether oxygens (including phenoxy) is 1. The summed E-state index contributed by atoms with van der Waals surface area (Å²) in [5.41, 5.74) is 13.0. The van der Waals surface area contributed by atoms with Gasteiger partial charge in [-0.1, -0.05) is 25.0 Å². The second kappa shape index (κ2) is 6.26. The fourth-order valence-corrected chi connectivity index (χ4v) is 5.79. The normalized spacial score (nSPS) is 49.5. The van der Waals surface area contributed by atoms with Crippen LogP contribution in [0.5, 0.6) is 0 Å². The van der Waals surface area contributed by atoms with Gasteiger partial charge in [-0.3, -0.25) is 0 Å². The highest BCUT2D eigenvalue weighted by molar-refractivity contribution is 5.06. The van der Waals surface area contributed by atoms with Crippen LogP contribution < -0.4 is 11.5 Å².